The normalized spacial score (nSPS) is 17.5. The molecule has 2 heterocycles. The molecule has 2 aromatic carbocycles. The van der Waals surface area contributed by atoms with Crippen molar-refractivity contribution in [1.82, 2.24) is 14.8 Å². The minimum absolute atomic E-state index is 0.0721. The molecule has 0 amide bonds. The second-order valence-corrected chi connectivity index (χ2v) is 10.3. The average molecular weight is 564 g/mol. The van der Waals surface area contributed by atoms with Crippen molar-refractivity contribution >= 4 is 21.6 Å². The summed E-state index contributed by atoms with van der Waals surface area (Å²) in [5, 5.41) is 11.3. The summed E-state index contributed by atoms with van der Waals surface area (Å²) >= 11 is 1.58. The molecule has 0 spiro atoms. The zero-order valence-corrected chi connectivity index (χ0v) is 21.5. The number of aliphatic hydroxyl groups excluding tert-OH is 1. The second kappa shape index (κ2) is 11.2. The van der Waals surface area contributed by atoms with E-state index >= 15 is 0 Å². The summed E-state index contributed by atoms with van der Waals surface area (Å²) in [5.74, 6) is 0.101. The molecule has 208 valence electrons. The summed E-state index contributed by atoms with van der Waals surface area (Å²) in [4.78, 5) is 8.44. The maximum Gasteiger partial charge on any atom is 0.416 e. The standard InChI is InChI=1S/C25H27F6N3O3S/c1-15(35)23(37-19-3-4-22-21(14-19)32-16(2)38-22)34-7-5-33(6-8-34)9-10-36-20-12-17(24(26,27)28)11-18(13-20)25(29,30)31/h3-4,11-15,23,35H,5-10H2,1-2H3/t15-,23?/m1/s1. The highest BCUT2D eigenvalue weighted by molar-refractivity contribution is 7.18. The lowest BCUT2D eigenvalue weighted by Crippen LogP contribution is -2.55. The second-order valence-electron chi connectivity index (χ2n) is 9.08. The van der Waals surface area contributed by atoms with Gasteiger partial charge in [0.15, 0.2) is 6.23 Å². The third kappa shape index (κ3) is 7.07. The van der Waals surface area contributed by atoms with Crippen LogP contribution in [0.15, 0.2) is 36.4 Å². The van der Waals surface area contributed by atoms with Crippen LogP contribution in [-0.4, -0.2) is 71.6 Å². The first-order chi connectivity index (χ1) is 17.8. The Morgan fingerprint density at radius 2 is 1.58 bits per heavy atom. The van der Waals surface area contributed by atoms with E-state index in [1.165, 1.54) is 0 Å². The number of aliphatic hydroxyl groups is 1. The molecule has 6 nitrogen and oxygen atoms in total. The Bertz CT molecular complexity index is 1210. The van der Waals surface area contributed by atoms with Crippen LogP contribution in [0, 0.1) is 6.92 Å². The van der Waals surface area contributed by atoms with Gasteiger partial charge in [-0.2, -0.15) is 26.3 Å². The number of piperazine rings is 1. The fourth-order valence-corrected chi connectivity index (χ4v) is 5.06. The van der Waals surface area contributed by atoms with Crippen LogP contribution in [0.4, 0.5) is 26.3 Å². The summed E-state index contributed by atoms with van der Waals surface area (Å²) in [6.45, 7) is 5.97. The smallest absolute Gasteiger partial charge is 0.416 e. The van der Waals surface area contributed by atoms with Gasteiger partial charge in [-0.1, -0.05) is 0 Å². The predicted octanol–water partition coefficient (Wildman–Crippen LogP) is 5.42. The Hall–Kier alpha value is -2.61. The highest BCUT2D eigenvalue weighted by atomic mass is 32.1. The number of rotatable bonds is 8. The van der Waals surface area contributed by atoms with Gasteiger partial charge >= 0.3 is 12.4 Å². The van der Waals surface area contributed by atoms with E-state index in [0.717, 1.165) is 15.2 Å². The summed E-state index contributed by atoms with van der Waals surface area (Å²) < 4.78 is 90.7. The van der Waals surface area contributed by atoms with Crippen molar-refractivity contribution in [3.63, 3.8) is 0 Å². The Kier molecular flexibility index (Phi) is 8.40. The maximum absolute atomic E-state index is 13.0. The third-order valence-electron chi connectivity index (χ3n) is 6.14. The van der Waals surface area contributed by atoms with Crippen molar-refractivity contribution < 1.29 is 40.9 Å². The maximum atomic E-state index is 13.0. The number of hydrogen-bond donors (Lipinski definition) is 1. The van der Waals surface area contributed by atoms with Crippen LogP contribution in [0.25, 0.3) is 10.2 Å². The fourth-order valence-electron chi connectivity index (χ4n) is 4.26. The Balaban J connectivity index is 1.31. The number of aryl methyl sites for hydroxylation is 1. The quantitative estimate of drug-likeness (QED) is 0.370. The van der Waals surface area contributed by atoms with Crippen LogP contribution in [0.5, 0.6) is 11.5 Å². The SMILES string of the molecule is Cc1nc2cc(OC([C@@H](C)O)N3CCN(CCOc4cc(C(F)(F)F)cc(C(F)(F)F)c4)CC3)ccc2s1. The molecule has 0 radical (unpaired) electrons. The monoisotopic (exact) mass is 563 g/mol. The predicted molar refractivity (Wildman–Crippen MR) is 130 cm³/mol. The van der Waals surface area contributed by atoms with Gasteiger partial charge in [0.05, 0.1) is 26.4 Å². The molecular weight excluding hydrogens is 536 g/mol. The lowest BCUT2D eigenvalue weighted by molar-refractivity contribution is -0.143. The molecule has 38 heavy (non-hydrogen) atoms. The van der Waals surface area contributed by atoms with Crippen LogP contribution in [0.3, 0.4) is 0 Å². The largest absolute Gasteiger partial charge is 0.492 e. The topological polar surface area (TPSA) is 58.1 Å². The Labute approximate surface area is 219 Å². The van der Waals surface area contributed by atoms with Gasteiger partial charge in [-0.15, -0.1) is 11.3 Å². The number of aromatic nitrogens is 1. The zero-order valence-electron chi connectivity index (χ0n) is 20.6. The van der Waals surface area contributed by atoms with Crippen LogP contribution in [-0.2, 0) is 12.4 Å². The number of ether oxygens (including phenoxy) is 2. The van der Waals surface area contributed by atoms with Crippen molar-refractivity contribution in [2.75, 3.05) is 39.3 Å². The molecule has 3 aromatic rings. The average Bonchev–Trinajstić information content (AvgIpc) is 3.21. The third-order valence-corrected chi connectivity index (χ3v) is 7.09. The van der Waals surface area contributed by atoms with E-state index in [1.54, 1.807) is 18.3 Å². The lowest BCUT2D eigenvalue weighted by Gasteiger charge is -2.40. The zero-order chi connectivity index (χ0) is 27.7. The van der Waals surface area contributed by atoms with Gasteiger partial charge in [-0.25, -0.2) is 4.98 Å². The van der Waals surface area contributed by atoms with Crippen LogP contribution in [0.1, 0.15) is 23.1 Å². The minimum Gasteiger partial charge on any atom is -0.492 e. The molecule has 1 unspecified atom stereocenters. The number of thiazole rings is 1. The first kappa shape index (κ1) is 28.4. The van der Waals surface area contributed by atoms with E-state index in [9.17, 15) is 31.4 Å². The van der Waals surface area contributed by atoms with Crippen molar-refractivity contribution in [1.29, 1.82) is 0 Å². The summed E-state index contributed by atoms with van der Waals surface area (Å²) in [7, 11) is 0. The Morgan fingerprint density at radius 1 is 0.947 bits per heavy atom. The highest BCUT2D eigenvalue weighted by Gasteiger charge is 2.37. The molecule has 1 aliphatic heterocycles. The Morgan fingerprint density at radius 3 is 2.16 bits per heavy atom. The van der Waals surface area contributed by atoms with Gasteiger partial charge in [0, 0.05) is 38.8 Å². The van der Waals surface area contributed by atoms with Crippen LogP contribution >= 0.6 is 11.3 Å². The van der Waals surface area contributed by atoms with E-state index in [4.69, 9.17) is 9.47 Å². The molecule has 0 aliphatic carbocycles. The molecule has 1 N–H and O–H groups in total. The lowest BCUT2D eigenvalue weighted by atomic mass is 10.1. The number of fused-ring (bicyclic) bond motifs is 1. The van der Waals surface area contributed by atoms with Gasteiger partial charge in [0.2, 0.25) is 0 Å². The van der Waals surface area contributed by atoms with Crippen molar-refractivity contribution in [3.05, 3.63) is 52.5 Å². The summed E-state index contributed by atoms with van der Waals surface area (Å²) in [6.07, 6.45) is -11.2. The van der Waals surface area contributed by atoms with Gasteiger partial charge in [0.1, 0.15) is 24.2 Å². The molecule has 1 aliphatic rings. The van der Waals surface area contributed by atoms with Crippen molar-refractivity contribution in [3.8, 4) is 11.5 Å². The van der Waals surface area contributed by atoms with E-state index < -0.39 is 41.6 Å². The van der Waals surface area contributed by atoms with Crippen molar-refractivity contribution in [2.24, 2.45) is 0 Å². The molecule has 4 rings (SSSR count). The first-order valence-electron chi connectivity index (χ1n) is 11.9. The van der Waals surface area contributed by atoms with E-state index in [-0.39, 0.29) is 12.7 Å². The number of benzene rings is 2. The highest BCUT2D eigenvalue weighted by Crippen LogP contribution is 2.38. The molecule has 2 atom stereocenters. The number of halogens is 6. The summed E-state index contributed by atoms with van der Waals surface area (Å²) in [5.41, 5.74) is -2.00. The van der Waals surface area contributed by atoms with Gasteiger partial charge in [0.25, 0.3) is 0 Å². The minimum atomic E-state index is -4.93. The molecule has 1 saturated heterocycles. The van der Waals surface area contributed by atoms with Gasteiger partial charge < -0.3 is 14.6 Å². The number of alkyl halides is 6. The fraction of sp³-hybridized carbons (Fsp3) is 0.480. The molecule has 13 heteroatoms. The first-order valence-corrected chi connectivity index (χ1v) is 12.7. The molecule has 0 bridgehead atoms. The van der Waals surface area contributed by atoms with Crippen LogP contribution < -0.4 is 9.47 Å². The molecule has 0 saturated carbocycles. The molecule has 1 aromatic heterocycles. The van der Waals surface area contributed by atoms with Crippen LogP contribution in [0.2, 0.25) is 0 Å². The number of hydrogen-bond acceptors (Lipinski definition) is 7. The van der Waals surface area contributed by atoms with Crippen molar-refractivity contribution in [2.45, 2.75) is 38.5 Å². The number of nitrogens with zero attached hydrogens (tertiary/aromatic N) is 3. The molecule has 1 fully saturated rings. The summed E-state index contributed by atoms with van der Waals surface area (Å²) in [6, 6.07) is 6.81. The van der Waals surface area contributed by atoms with E-state index in [1.807, 2.05) is 34.9 Å². The van der Waals surface area contributed by atoms with Gasteiger partial charge in [-0.05, 0) is 44.2 Å². The van der Waals surface area contributed by atoms with E-state index in [0.29, 0.717) is 50.6 Å². The molecular formula is C25H27F6N3O3S. The van der Waals surface area contributed by atoms with Gasteiger partial charge in [-0.3, -0.25) is 9.80 Å². The van der Waals surface area contributed by atoms with E-state index in [2.05, 4.69) is 4.98 Å².